The number of hydrogen-bond donors (Lipinski definition) is 0. The minimum atomic E-state index is 0.0209. The average Bonchev–Trinajstić information content (AvgIpc) is 2.37. The summed E-state index contributed by atoms with van der Waals surface area (Å²) in [6.07, 6.45) is 13.5. The molecular weight excluding hydrogens is 224 g/mol. The van der Waals surface area contributed by atoms with Gasteiger partial charge in [0.15, 0.2) is 6.29 Å². The van der Waals surface area contributed by atoms with Gasteiger partial charge in [-0.25, -0.2) is 0 Å². The van der Waals surface area contributed by atoms with Crippen LogP contribution in [0.1, 0.15) is 71.6 Å². The van der Waals surface area contributed by atoms with Crippen molar-refractivity contribution in [2.45, 2.75) is 77.9 Å². The van der Waals surface area contributed by atoms with Crippen molar-refractivity contribution in [1.29, 1.82) is 0 Å². The van der Waals surface area contributed by atoms with Gasteiger partial charge in [0.2, 0.25) is 0 Å². The zero-order valence-corrected chi connectivity index (χ0v) is 12.5. The lowest BCUT2D eigenvalue weighted by atomic mass is 10.1. The topological polar surface area (TPSA) is 18.5 Å². The van der Waals surface area contributed by atoms with E-state index in [0.717, 1.165) is 19.6 Å². The van der Waals surface area contributed by atoms with Gasteiger partial charge in [-0.05, 0) is 39.5 Å². The van der Waals surface area contributed by atoms with E-state index in [1.165, 1.54) is 51.4 Å². The van der Waals surface area contributed by atoms with Crippen molar-refractivity contribution >= 4 is 0 Å². The fourth-order valence-electron chi connectivity index (χ4n) is 2.07. The fourth-order valence-corrected chi connectivity index (χ4v) is 2.07. The molecule has 0 unspecified atom stereocenters. The zero-order valence-electron chi connectivity index (χ0n) is 12.5. The van der Waals surface area contributed by atoms with Crippen LogP contribution in [0, 0.1) is 0 Å². The predicted molar refractivity (Wildman–Crippen MR) is 78.8 cm³/mol. The van der Waals surface area contributed by atoms with E-state index in [1.807, 2.05) is 19.9 Å². The molecule has 0 saturated heterocycles. The second-order valence-corrected chi connectivity index (χ2v) is 4.68. The van der Waals surface area contributed by atoms with Crippen molar-refractivity contribution in [2.24, 2.45) is 0 Å². The lowest BCUT2D eigenvalue weighted by Crippen LogP contribution is -2.17. The minimum absolute atomic E-state index is 0.0209. The Morgan fingerprint density at radius 2 is 1.33 bits per heavy atom. The van der Waals surface area contributed by atoms with Crippen LogP contribution in [0.15, 0.2) is 12.7 Å². The highest BCUT2D eigenvalue weighted by Gasteiger charge is 2.06. The lowest BCUT2D eigenvalue weighted by Gasteiger charge is -2.16. The van der Waals surface area contributed by atoms with Gasteiger partial charge >= 0.3 is 0 Å². The molecule has 0 aliphatic carbocycles. The quantitative estimate of drug-likeness (QED) is 0.245. The van der Waals surface area contributed by atoms with E-state index in [4.69, 9.17) is 9.47 Å². The molecule has 0 aromatic heterocycles. The standard InChI is InChI=1S/C16H32O2/c1-4-7-8-9-10-11-12-13-14-15-16(17-5-2)18-6-3/h4,16H,1,5-15H2,2-3H3. The monoisotopic (exact) mass is 256 g/mol. The third kappa shape index (κ3) is 12.1. The molecule has 2 heteroatoms. The maximum atomic E-state index is 5.52. The van der Waals surface area contributed by atoms with Crippen molar-refractivity contribution in [3.8, 4) is 0 Å². The Bertz CT molecular complexity index is 162. The molecule has 0 bridgehead atoms. The minimum Gasteiger partial charge on any atom is -0.353 e. The van der Waals surface area contributed by atoms with Crippen LogP contribution in [0.5, 0.6) is 0 Å². The molecule has 0 N–H and O–H groups in total. The number of rotatable bonds is 14. The van der Waals surface area contributed by atoms with Crippen LogP contribution in [-0.2, 0) is 9.47 Å². The summed E-state index contributed by atoms with van der Waals surface area (Å²) in [5, 5.41) is 0. The molecule has 0 aliphatic rings. The molecule has 2 nitrogen and oxygen atoms in total. The molecule has 0 rings (SSSR count). The molecule has 0 amide bonds. The average molecular weight is 256 g/mol. The van der Waals surface area contributed by atoms with Gasteiger partial charge < -0.3 is 9.47 Å². The number of unbranched alkanes of at least 4 members (excludes halogenated alkanes) is 7. The predicted octanol–water partition coefficient (Wildman–Crippen LogP) is 5.08. The number of ether oxygens (including phenoxy) is 2. The molecule has 0 radical (unpaired) electrons. The van der Waals surface area contributed by atoms with E-state index < -0.39 is 0 Å². The van der Waals surface area contributed by atoms with Gasteiger partial charge in [-0.3, -0.25) is 0 Å². The third-order valence-electron chi connectivity index (χ3n) is 3.05. The van der Waals surface area contributed by atoms with E-state index >= 15 is 0 Å². The molecular formula is C16H32O2. The largest absolute Gasteiger partial charge is 0.353 e. The summed E-state index contributed by atoms with van der Waals surface area (Å²) in [5.41, 5.74) is 0. The third-order valence-corrected chi connectivity index (χ3v) is 3.05. The molecule has 0 saturated carbocycles. The first-order valence-corrected chi connectivity index (χ1v) is 7.69. The maximum absolute atomic E-state index is 5.52. The van der Waals surface area contributed by atoms with E-state index in [0.29, 0.717) is 0 Å². The van der Waals surface area contributed by atoms with E-state index in [2.05, 4.69) is 6.58 Å². The first-order valence-electron chi connectivity index (χ1n) is 7.69. The van der Waals surface area contributed by atoms with Crippen LogP contribution >= 0.6 is 0 Å². The molecule has 0 aromatic rings. The smallest absolute Gasteiger partial charge is 0.157 e. The van der Waals surface area contributed by atoms with E-state index in [-0.39, 0.29) is 6.29 Å². The molecule has 0 spiro atoms. The van der Waals surface area contributed by atoms with Crippen LogP contribution in [0.4, 0.5) is 0 Å². The Balaban J connectivity index is 3.24. The van der Waals surface area contributed by atoms with Crippen molar-refractivity contribution in [1.82, 2.24) is 0 Å². The van der Waals surface area contributed by atoms with Crippen molar-refractivity contribution < 1.29 is 9.47 Å². The second kappa shape index (κ2) is 14.7. The highest BCUT2D eigenvalue weighted by atomic mass is 16.7. The van der Waals surface area contributed by atoms with Crippen LogP contribution in [0.3, 0.4) is 0 Å². The van der Waals surface area contributed by atoms with Crippen molar-refractivity contribution in [2.75, 3.05) is 13.2 Å². The molecule has 0 aromatic carbocycles. The van der Waals surface area contributed by atoms with Gasteiger partial charge in [0.05, 0.1) is 0 Å². The molecule has 0 atom stereocenters. The summed E-state index contributed by atoms with van der Waals surface area (Å²) in [7, 11) is 0. The Morgan fingerprint density at radius 3 is 1.83 bits per heavy atom. The van der Waals surface area contributed by atoms with Gasteiger partial charge in [-0.2, -0.15) is 0 Å². The highest BCUT2D eigenvalue weighted by molar-refractivity contribution is 4.65. The first kappa shape index (κ1) is 17.7. The SMILES string of the molecule is C=CCCCCCCCCCC(OCC)OCC. The molecule has 18 heavy (non-hydrogen) atoms. The van der Waals surface area contributed by atoms with Crippen molar-refractivity contribution in [3.63, 3.8) is 0 Å². The summed E-state index contributed by atoms with van der Waals surface area (Å²) < 4.78 is 11.0. The van der Waals surface area contributed by atoms with Gasteiger partial charge in [-0.1, -0.05) is 38.2 Å². The normalized spacial score (nSPS) is 11.1. The summed E-state index contributed by atoms with van der Waals surface area (Å²) in [5.74, 6) is 0. The van der Waals surface area contributed by atoms with Crippen molar-refractivity contribution in [3.05, 3.63) is 12.7 Å². The molecule has 0 heterocycles. The Kier molecular flexibility index (Phi) is 14.4. The Labute approximate surface area is 114 Å². The van der Waals surface area contributed by atoms with Crippen LogP contribution in [0.25, 0.3) is 0 Å². The van der Waals surface area contributed by atoms with Gasteiger partial charge in [0.1, 0.15) is 0 Å². The number of hydrogen-bond acceptors (Lipinski definition) is 2. The molecule has 108 valence electrons. The Morgan fingerprint density at radius 1 is 0.833 bits per heavy atom. The molecule has 0 aliphatic heterocycles. The summed E-state index contributed by atoms with van der Waals surface area (Å²) in [6.45, 7) is 9.28. The van der Waals surface area contributed by atoms with Crippen LogP contribution < -0.4 is 0 Å². The Hall–Kier alpha value is -0.340. The maximum Gasteiger partial charge on any atom is 0.157 e. The van der Waals surface area contributed by atoms with Gasteiger partial charge in [-0.15, -0.1) is 6.58 Å². The fraction of sp³-hybridized carbons (Fsp3) is 0.875. The summed E-state index contributed by atoms with van der Waals surface area (Å²) in [6, 6.07) is 0. The summed E-state index contributed by atoms with van der Waals surface area (Å²) in [4.78, 5) is 0. The van der Waals surface area contributed by atoms with Crippen LogP contribution in [-0.4, -0.2) is 19.5 Å². The van der Waals surface area contributed by atoms with Crippen LogP contribution in [0.2, 0.25) is 0 Å². The highest BCUT2D eigenvalue weighted by Crippen LogP contribution is 2.12. The first-order chi connectivity index (χ1) is 8.85. The lowest BCUT2D eigenvalue weighted by molar-refractivity contribution is -0.140. The van der Waals surface area contributed by atoms with E-state index in [1.54, 1.807) is 0 Å². The number of allylic oxidation sites excluding steroid dienone is 1. The van der Waals surface area contributed by atoms with Gasteiger partial charge in [0, 0.05) is 13.2 Å². The zero-order chi connectivity index (χ0) is 13.5. The molecule has 0 fully saturated rings. The van der Waals surface area contributed by atoms with E-state index in [9.17, 15) is 0 Å². The van der Waals surface area contributed by atoms with Gasteiger partial charge in [0.25, 0.3) is 0 Å². The summed E-state index contributed by atoms with van der Waals surface area (Å²) >= 11 is 0. The second-order valence-electron chi connectivity index (χ2n) is 4.68.